The summed E-state index contributed by atoms with van der Waals surface area (Å²) < 4.78 is 3.83. The molecule has 7 nitrogen and oxygen atoms in total. The van der Waals surface area contributed by atoms with Gasteiger partial charge >= 0.3 is 0 Å². The van der Waals surface area contributed by atoms with E-state index in [0.717, 1.165) is 37.4 Å². The third-order valence-electron chi connectivity index (χ3n) is 5.11. The van der Waals surface area contributed by atoms with E-state index in [1.807, 2.05) is 37.6 Å². The van der Waals surface area contributed by atoms with Crippen molar-refractivity contribution in [1.82, 2.24) is 24.2 Å². The van der Waals surface area contributed by atoms with E-state index in [4.69, 9.17) is 0 Å². The number of piperidine rings is 1. The zero-order valence-corrected chi connectivity index (χ0v) is 13.6. The molecule has 7 heteroatoms. The highest BCUT2D eigenvalue weighted by atomic mass is 16.2. The fraction of sp³-hybridized carbons (Fsp3) is 0.562. The molecule has 0 bridgehead atoms. The molecule has 122 valence electrons. The number of fused-ring (bicyclic) bond motifs is 1. The lowest BCUT2D eigenvalue weighted by Gasteiger charge is -2.39. The quantitative estimate of drug-likeness (QED) is 0.845. The number of hydrogen-bond donors (Lipinski definition) is 0. The number of amides is 1. The molecule has 0 unspecified atom stereocenters. The van der Waals surface area contributed by atoms with Crippen LogP contribution < -0.4 is 4.90 Å². The number of carbonyl (C=O) groups excluding carboxylic acids is 1. The molecule has 0 aliphatic carbocycles. The Morgan fingerprint density at radius 1 is 1.26 bits per heavy atom. The van der Waals surface area contributed by atoms with Crippen molar-refractivity contribution < 1.29 is 4.79 Å². The first-order chi connectivity index (χ1) is 11.1. The fourth-order valence-electron chi connectivity index (χ4n) is 3.95. The van der Waals surface area contributed by atoms with Crippen molar-refractivity contribution >= 4 is 11.6 Å². The van der Waals surface area contributed by atoms with Crippen LogP contribution in [0.3, 0.4) is 0 Å². The van der Waals surface area contributed by atoms with Crippen LogP contribution in [0.1, 0.15) is 25.1 Å². The normalized spacial score (nSPS) is 25.1. The molecule has 0 saturated carbocycles. The van der Waals surface area contributed by atoms with Gasteiger partial charge in [0.2, 0.25) is 5.91 Å². The molecule has 0 aromatic carbocycles. The van der Waals surface area contributed by atoms with Gasteiger partial charge in [0, 0.05) is 51.7 Å². The summed E-state index contributed by atoms with van der Waals surface area (Å²) in [5.74, 6) is 1.30. The first kappa shape index (κ1) is 14.4. The Morgan fingerprint density at radius 2 is 2.13 bits per heavy atom. The van der Waals surface area contributed by atoms with Crippen molar-refractivity contribution in [3.8, 4) is 0 Å². The molecule has 2 aliphatic heterocycles. The van der Waals surface area contributed by atoms with Crippen molar-refractivity contribution in [2.24, 2.45) is 14.1 Å². The number of anilines is 1. The molecule has 2 fully saturated rings. The molecule has 4 heterocycles. The van der Waals surface area contributed by atoms with Gasteiger partial charge in [0.1, 0.15) is 5.82 Å². The van der Waals surface area contributed by atoms with Crippen LogP contribution in [0, 0.1) is 0 Å². The van der Waals surface area contributed by atoms with Gasteiger partial charge in [-0.1, -0.05) is 0 Å². The minimum Gasteiger partial charge on any atom is -0.337 e. The average molecular weight is 314 g/mol. The van der Waals surface area contributed by atoms with Crippen LogP contribution in [0.25, 0.3) is 0 Å². The van der Waals surface area contributed by atoms with E-state index in [1.54, 1.807) is 10.9 Å². The largest absolute Gasteiger partial charge is 0.337 e. The summed E-state index contributed by atoms with van der Waals surface area (Å²) in [6.07, 6.45) is 10.1. The summed E-state index contributed by atoms with van der Waals surface area (Å²) in [6.45, 7) is 1.85. The van der Waals surface area contributed by atoms with Gasteiger partial charge in [-0.2, -0.15) is 5.10 Å². The van der Waals surface area contributed by atoms with Crippen molar-refractivity contribution in [3.63, 3.8) is 0 Å². The minimum absolute atomic E-state index is 0.220. The van der Waals surface area contributed by atoms with E-state index in [2.05, 4.69) is 19.5 Å². The molecular weight excluding hydrogens is 292 g/mol. The minimum atomic E-state index is 0.220. The average Bonchev–Trinajstić information content (AvgIpc) is 3.22. The molecule has 0 radical (unpaired) electrons. The van der Waals surface area contributed by atoms with Gasteiger partial charge in [-0.05, 0) is 12.8 Å². The zero-order valence-electron chi connectivity index (χ0n) is 13.6. The summed E-state index contributed by atoms with van der Waals surface area (Å²) in [4.78, 5) is 21.4. The number of carbonyl (C=O) groups is 1. The highest BCUT2D eigenvalue weighted by Crippen LogP contribution is 2.35. The number of aromatic nitrogens is 4. The Labute approximate surface area is 135 Å². The maximum absolute atomic E-state index is 12.5. The SMILES string of the molecule is Cn1cc(N2C(=O)CC[C@@H]3[C@H]2CCN3Cc2nccn2C)cn1. The second kappa shape index (κ2) is 5.49. The molecule has 0 N–H and O–H groups in total. The third kappa shape index (κ3) is 2.45. The molecule has 2 atom stereocenters. The van der Waals surface area contributed by atoms with Crippen molar-refractivity contribution in [3.05, 3.63) is 30.6 Å². The molecule has 2 aromatic heterocycles. The van der Waals surface area contributed by atoms with Gasteiger partial charge in [-0.25, -0.2) is 4.98 Å². The maximum atomic E-state index is 12.5. The molecule has 2 aromatic rings. The van der Waals surface area contributed by atoms with Gasteiger partial charge in [-0.15, -0.1) is 0 Å². The fourth-order valence-corrected chi connectivity index (χ4v) is 3.95. The van der Waals surface area contributed by atoms with E-state index in [1.165, 1.54) is 0 Å². The number of imidazole rings is 1. The van der Waals surface area contributed by atoms with Crippen LogP contribution in [-0.2, 0) is 25.4 Å². The number of rotatable bonds is 3. The summed E-state index contributed by atoms with van der Waals surface area (Å²) in [5, 5.41) is 4.23. The van der Waals surface area contributed by atoms with Crippen molar-refractivity contribution in [2.45, 2.75) is 37.9 Å². The van der Waals surface area contributed by atoms with Crippen LogP contribution in [0.15, 0.2) is 24.8 Å². The molecule has 2 aliphatic rings. The molecule has 0 spiro atoms. The van der Waals surface area contributed by atoms with Gasteiger partial charge < -0.3 is 9.47 Å². The highest BCUT2D eigenvalue weighted by molar-refractivity contribution is 5.94. The molecule has 1 amide bonds. The molecule has 4 rings (SSSR count). The van der Waals surface area contributed by atoms with Crippen molar-refractivity contribution in [1.29, 1.82) is 0 Å². The van der Waals surface area contributed by atoms with Gasteiger partial charge in [0.15, 0.2) is 0 Å². The lowest BCUT2D eigenvalue weighted by atomic mass is 9.96. The summed E-state index contributed by atoms with van der Waals surface area (Å²) in [6, 6.07) is 0.658. The van der Waals surface area contributed by atoms with Crippen LogP contribution in [0.4, 0.5) is 5.69 Å². The van der Waals surface area contributed by atoms with E-state index >= 15 is 0 Å². The molecular formula is C16H22N6O. The smallest absolute Gasteiger partial charge is 0.227 e. The van der Waals surface area contributed by atoms with Crippen LogP contribution in [0.5, 0.6) is 0 Å². The number of nitrogens with zero attached hydrogens (tertiary/aromatic N) is 6. The first-order valence-electron chi connectivity index (χ1n) is 8.14. The number of likely N-dealkylation sites (tertiary alicyclic amines) is 1. The molecule has 23 heavy (non-hydrogen) atoms. The topological polar surface area (TPSA) is 59.2 Å². The third-order valence-corrected chi connectivity index (χ3v) is 5.11. The Hall–Kier alpha value is -2.15. The predicted molar refractivity (Wildman–Crippen MR) is 85.7 cm³/mol. The Kier molecular flexibility index (Phi) is 3.45. The van der Waals surface area contributed by atoms with Gasteiger partial charge in [-0.3, -0.25) is 14.4 Å². The van der Waals surface area contributed by atoms with E-state index < -0.39 is 0 Å². The number of hydrogen-bond acceptors (Lipinski definition) is 4. The standard InChI is InChI=1S/C16H22N6O/c1-19-8-6-17-15(19)11-21-7-5-14-13(21)3-4-16(23)22(14)12-9-18-20(2)10-12/h6,8-10,13-14H,3-5,7,11H2,1-2H3/t13-,14-/m1/s1. The van der Waals surface area contributed by atoms with E-state index in [9.17, 15) is 4.79 Å². The Bertz CT molecular complexity index is 720. The Morgan fingerprint density at radius 3 is 2.83 bits per heavy atom. The van der Waals surface area contributed by atoms with Crippen LogP contribution >= 0.6 is 0 Å². The monoisotopic (exact) mass is 314 g/mol. The van der Waals surface area contributed by atoms with E-state index in [0.29, 0.717) is 12.5 Å². The van der Waals surface area contributed by atoms with Crippen LogP contribution in [-0.4, -0.2) is 48.8 Å². The zero-order chi connectivity index (χ0) is 16.0. The summed E-state index contributed by atoms with van der Waals surface area (Å²) in [5.41, 5.74) is 0.922. The lowest BCUT2D eigenvalue weighted by molar-refractivity contribution is -0.120. The highest BCUT2D eigenvalue weighted by Gasteiger charge is 2.44. The maximum Gasteiger partial charge on any atom is 0.227 e. The second-order valence-electron chi connectivity index (χ2n) is 6.52. The first-order valence-corrected chi connectivity index (χ1v) is 8.14. The van der Waals surface area contributed by atoms with E-state index in [-0.39, 0.29) is 11.9 Å². The summed E-state index contributed by atoms with van der Waals surface area (Å²) in [7, 11) is 3.92. The van der Waals surface area contributed by atoms with Gasteiger partial charge in [0.25, 0.3) is 0 Å². The second-order valence-corrected chi connectivity index (χ2v) is 6.52. The lowest BCUT2D eigenvalue weighted by Crippen LogP contribution is -2.52. The summed E-state index contributed by atoms with van der Waals surface area (Å²) >= 11 is 0. The number of aryl methyl sites for hydroxylation is 2. The Balaban J connectivity index is 1.56. The van der Waals surface area contributed by atoms with Gasteiger partial charge in [0.05, 0.1) is 24.5 Å². The predicted octanol–water partition coefficient (Wildman–Crippen LogP) is 0.923. The van der Waals surface area contributed by atoms with Crippen LogP contribution in [0.2, 0.25) is 0 Å². The molecule has 2 saturated heterocycles. The van der Waals surface area contributed by atoms with Crippen molar-refractivity contribution in [2.75, 3.05) is 11.4 Å².